The summed E-state index contributed by atoms with van der Waals surface area (Å²) in [7, 11) is 4.04. The van der Waals surface area contributed by atoms with E-state index in [4.69, 9.17) is 27.7 Å². The number of nitrogens with zero attached hydrogens (tertiary/aromatic N) is 22. The molecule has 17 rings (SSSR count). The molecule has 2 amide bonds. The lowest BCUT2D eigenvalue weighted by Gasteiger charge is -2.34. The first kappa shape index (κ1) is 78.4. The Labute approximate surface area is 666 Å². The molecule has 5 aliphatic rings. The van der Waals surface area contributed by atoms with E-state index in [0.717, 1.165) is 139 Å². The fourth-order valence-corrected chi connectivity index (χ4v) is 13.8. The Morgan fingerprint density at radius 2 is 0.913 bits per heavy atom. The van der Waals surface area contributed by atoms with Crippen LogP contribution in [-0.2, 0) is 9.53 Å². The Hall–Kier alpha value is -13.3. The summed E-state index contributed by atoms with van der Waals surface area (Å²) < 4.78 is 11.4. The molecule has 1 aliphatic carbocycles. The normalized spacial score (nSPS) is 15.3. The predicted molar refractivity (Wildman–Crippen MR) is 445 cm³/mol. The predicted octanol–water partition coefficient (Wildman–Crippen LogP) is 8.58. The van der Waals surface area contributed by atoms with Crippen LogP contribution in [0.25, 0.3) is 23.3 Å². The molecule has 5 fully saturated rings. The van der Waals surface area contributed by atoms with Crippen molar-refractivity contribution in [2.75, 3.05) is 160 Å². The summed E-state index contributed by atoms with van der Waals surface area (Å²) in [6.45, 7) is 15.9. The van der Waals surface area contributed by atoms with Gasteiger partial charge in [0.25, 0.3) is 5.91 Å². The van der Waals surface area contributed by atoms with Gasteiger partial charge >= 0.3 is 0 Å². The van der Waals surface area contributed by atoms with E-state index in [0.29, 0.717) is 76.4 Å². The number of benzene rings is 4. The Bertz CT molecular complexity index is 5090. The van der Waals surface area contributed by atoms with Crippen molar-refractivity contribution >= 4 is 93.8 Å². The van der Waals surface area contributed by atoms with E-state index in [2.05, 4.69) is 160 Å². The summed E-state index contributed by atoms with van der Waals surface area (Å²) in [5.41, 5.74) is 32.9. The van der Waals surface area contributed by atoms with E-state index in [1.807, 2.05) is 128 Å². The number of likely N-dealkylation sites (tertiary alicyclic amines) is 1. The zero-order valence-corrected chi connectivity index (χ0v) is 65.0. The molecule has 0 radical (unpaired) electrons. The molecule has 12 heterocycles. The number of likely N-dealkylation sites (N-methyl/N-ethyl adjacent to an activating group) is 1. The molecule has 0 bridgehead atoms. The maximum atomic E-state index is 12.8. The number of carbonyl (C=O) groups excluding carboxylic acids is 2. The van der Waals surface area contributed by atoms with Gasteiger partial charge in [0.2, 0.25) is 59.4 Å². The SMILES string of the molecule is CC(=O)N1CCC(c2ccc(Nc3nc(N)n(-c4ccccn4)n3)cc2)CC1.Cc1cnc(NCCN(C)C)nc1-n1nc(Nc2ccc(N3CCOCC3)cc2)nc1N.Nc1nc(Nc2ccc(C(=O)N3CCN(C4CC4)CC3)cc2)nn1-c1ccccn1.Nc1nc(Nc2ccc(C3CCNCC3)cc2)nn1-c1ccccn1. The van der Waals surface area contributed by atoms with Gasteiger partial charge in [-0.2, -0.15) is 43.6 Å². The van der Waals surface area contributed by atoms with Crippen molar-refractivity contribution in [1.82, 2.24) is 109 Å². The van der Waals surface area contributed by atoms with Gasteiger partial charge in [-0.25, -0.2) is 19.9 Å². The lowest BCUT2D eigenvalue weighted by Crippen LogP contribution is -2.49. The molecule has 115 heavy (non-hydrogen) atoms. The number of anilines is 14. The Morgan fingerprint density at radius 1 is 0.478 bits per heavy atom. The zero-order chi connectivity index (χ0) is 79.6. The summed E-state index contributed by atoms with van der Waals surface area (Å²) in [6.07, 6.45) is 13.8. The molecular formula is C80H98N32O3. The second kappa shape index (κ2) is 37.4. The third kappa shape index (κ3) is 20.9. The summed E-state index contributed by atoms with van der Waals surface area (Å²) >= 11 is 0. The molecular weight excluding hydrogens is 1460 g/mol. The second-order valence-electron chi connectivity index (χ2n) is 28.6. The number of aromatic nitrogens is 17. The highest BCUT2D eigenvalue weighted by Crippen LogP contribution is 2.33. The fourth-order valence-electron chi connectivity index (χ4n) is 13.8. The Morgan fingerprint density at radius 3 is 1.35 bits per heavy atom. The number of nitrogens with two attached hydrogens (primary N) is 4. The maximum absolute atomic E-state index is 12.8. The van der Waals surface area contributed by atoms with E-state index < -0.39 is 0 Å². The second-order valence-corrected chi connectivity index (χ2v) is 28.6. The minimum atomic E-state index is 0.0822. The number of ether oxygens (including phenoxy) is 1. The molecule has 8 aromatic heterocycles. The number of carbonyl (C=O) groups is 2. The quantitative estimate of drug-likeness (QED) is 0.0322. The van der Waals surface area contributed by atoms with E-state index in [-0.39, 0.29) is 29.7 Å². The number of hydrogen-bond acceptors (Lipinski definition) is 29. The van der Waals surface area contributed by atoms with Crippen LogP contribution in [0.3, 0.4) is 0 Å². The summed E-state index contributed by atoms with van der Waals surface area (Å²) in [5.74, 6) is 7.06. The highest BCUT2D eigenvalue weighted by atomic mass is 16.5. The van der Waals surface area contributed by atoms with E-state index in [1.165, 1.54) is 61.2 Å². The maximum Gasteiger partial charge on any atom is 0.253 e. The summed E-state index contributed by atoms with van der Waals surface area (Å²) in [6, 6.07) is 49.6. The van der Waals surface area contributed by atoms with Gasteiger partial charge in [-0.15, -0.1) is 20.4 Å². The monoisotopic (exact) mass is 1550 g/mol. The van der Waals surface area contributed by atoms with Crippen LogP contribution in [0.2, 0.25) is 0 Å². The number of aryl methyl sites for hydroxylation is 1. The van der Waals surface area contributed by atoms with Crippen LogP contribution in [-0.4, -0.2) is 227 Å². The van der Waals surface area contributed by atoms with Crippen LogP contribution in [0.15, 0.2) is 176 Å². The molecule has 35 nitrogen and oxygen atoms in total. The van der Waals surface area contributed by atoms with E-state index >= 15 is 0 Å². The molecule has 4 saturated heterocycles. The first-order valence-corrected chi connectivity index (χ1v) is 38.7. The van der Waals surface area contributed by atoms with Crippen molar-refractivity contribution in [3.05, 3.63) is 199 Å². The molecule has 0 spiro atoms. The smallest absolute Gasteiger partial charge is 0.253 e. The van der Waals surface area contributed by atoms with Gasteiger partial charge in [-0.05, 0) is 205 Å². The first-order chi connectivity index (χ1) is 56.1. The van der Waals surface area contributed by atoms with Crippen molar-refractivity contribution in [2.24, 2.45) is 0 Å². The molecule has 1 saturated carbocycles. The first-order valence-electron chi connectivity index (χ1n) is 38.7. The molecule has 596 valence electrons. The van der Waals surface area contributed by atoms with Gasteiger partial charge in [0.1, 0.15) is 0 Å². The molecule has 35 heteroatoms. The van der Waals surface area contributed by atoms with Crippen LogP contribution in [0.1, 0.15) is 84.3 Å². The van der Waals surface area contributed by atoms with Gasteiger partial charge < -0.3 is 79.2 Å². The van der Waals surface area contributed by atoms with Gasteiger partial charge in [0.05, 0.1) is 13.2 Å². The lowest BCUT2D eigenvalue weighted by molar-refractivity contribution is -0.129. The van der Waals surface area contributed by atoms with Crippen molar-refractivity contribution in [3.8, 4) is 23.3 Å². The highest BCUT2D eigenvalue weighted by molar-refractivity contribution is 5.94. The minimum Gasteiger partial charge on any atom is -0.378 e. The number of rotatable bonds is 21. The third-order valence-electron chi connectivity index (χ3n) is 20.2. The average molecular weight is 1560 g/mol. The van der Waals surface area contributed by atoms with Gasteiger partial charge in [0, 0.05) is 143 Å². The molecule has 4 aromatic carbocycles. The number of morpholine rings is 1. The zero-order valence-electron chi connectivity index (χ0n) is 65.0. The van der Waals surface area contributed by atoms with Gasteiger partial charge in [-0.3, -0.25) is 14.5 Å². The van der Waals surface area contributed by atoms with Crippen LogP contribution < -0.4 is 59.7 Å². The number of nitrogens with one attached hydrogen (secondary N) is 6. The van der Waals surface area contributed by atoms with Gasteiger partial charge in [0.15, 0.2) is 23.3 Å². The van der Waals surface area contributed by atoms with Gasteiger partial charge in [-0.1, -0.05) is 42.5 Å². The van der Waals surface area contributed by atoms with E-state index in [1.54, 1.807) is 37.8 Å². The molecule has 0 unspecified atom stereocenters. The Balaban J connectivity index is 0.000000127. The van der Waals surface area contributed by atoms with Crippen molar-refractivity contribution < 1.29 is 14.3 Å². The van der Waals surface area contributed by atoms with E-state index in [9.17, 15) is 9.59 Å². The lowest BCUT2D eigenvalue weighted by atomic mass is 9.89. The summed E-state index contributed by atoms with van der Waals surface area (Å²) in [4.78, 5) is 73.8. The fraction of sp³-hybridized carbons (Fsp3) is 0.338. The topological polar surface area (TPSA) is 423 Å². The number of piperidine rings is 2. The highest BCUT2D eigenvalue weighted by Gasteiger charge is 2.33. The number of piperazine rings is 1. The number of nitrogen functional groups attached to an aromatic ring is 4. The Kier molecular flexibility index (Phi) is 25.5. The average Bonchev–Trinajstić information content (AvgIpc) is 1.68. The van der Waals surface area contributed by atoms with Crippen LogP contribution in [0.4, 0.5) is 82.0 Å². The van der Waals surface area contributed by atoms with Crippen LogP contribution in [0.5, 0.6) is 0 Å². The molecule has 4 aliphatic heterocycles. The third-order valence-corrected chi connectivity index (χ3v) is 20.2. The van der Waals surface area contributed by atoms with Crippen LogP contribution in [0, 0.1) is 6.92 Å². The standard InChI is InChI=1S/C21H30N10O.C21H24N8O.C20H23N7O.C18H21N7/c1-15-14-24-20(23-8-9-29(2)3)26-18(15)31-19(22)27-21(28-31)25-16-4-6-17(7-5-16)30-10-12-32-13-11-30;22-20-25-21(26-29(20)18-3-1-2-10-23-18)24-16-6-4-15(5-7-16)19(30)28-13-11-27(12-14-28)17-8-9-17;1-14(28)26-12-9-16(10-13-26)15-5-7-17(8-6-15)23-20-24-19(21)27(25-20)18-4-2-3-11-22-18;19-17-23-18(24-25(17)16-3-1-2-10-21-16)22-15-6-4-13(5-7-15)14-8-11-20-12-9-14/h4-7,14H,8-13H2,1-3H3,(H,23,24,26)(H3,22,25,27,28);1-7,10,17H,8-9,11-14H2,(H3,22,24,25,26);2-8,11,16H,9-10,12-13H2,1H3,(H3,21,23,24,25);1-7,10,14,20H,8-9,11-12H2,(H3,19,22,23,24). The van der Waals surface area contributed by atoms with Crippen molar-refractivity contribution in [3.63, 3.8) is 0 Å². The molecule has 12 aromatic rings. The number of hydrogen-bond donors (Lipinski definition) is 10. The number of amides is 2. The van der Waals surface area contributed by atoms with Crippen LogP contribution >= 0.6 is 0 Å². The molecule has 14 N–H and O–H groups in total. The largest absolute Gasteiger partial charge is 0.378 e. The van der Waals surface area contributed by atoms with Crippen molar-refractivity contribution in [1.29, 1.82) is 0 Å². The minimum absolute atomic E-state index is 0.0822. The van der Waals surface area contributed by atoms with Crippen molar-refractivity contribution in [2.45, 2.75) is 70.3 Å². The summed E-state index contributed by atoms with van der Waals surface area (Å²) in [5, 5.41) is 37.0. The molecule has 0 atom stereocenters. The number of pyridine rings is 3.